The van der Waals surface area contributed by atoms with Gasteiger partial charge in [0, 0.05) is 5.25 Å². The van der Waals surface area contributed by atoms with Gasteiger partial charge in [0.05, 0.1) is 0 Å². The van der Waals surface area contributed by atoms with Crippen molar-refractivity contribution in [1.82, 2.24) is 4.90 Å². The maximum Gasteiger partial charge on any atom is 0.00146 e. The number of hydrogen-bond donors (Lipinski definition) is 1. The molecule has 0 spiro atoms. The van der Waals surface area contributed by atoms with E-state index < -0.39 is 0 Å². The molecule has 0 amide bonds. The molecule has 0 saturated heterocycles. The Morgan fingerprint density at radius 1 is 0.875 bits per heavy atom. The smallest absolute Gasteiger partial charge is 0.00146 e. The topological polar surface area (TPSA) is 3.24 Å². The maximum atomic E-state index is 4.56. The van der Waals surface area contributed by atoms with Gasteiger partial charge in [0.2, 0.25) is 0 Å². The minimum atomic E-state index is 0.610. The molecular formula is C14H31NS. The van der Waals surface area contributed by atoms with Crippen LogP contribution in [-0.4, -0.2) is 29.8 Å². The van der Waals surface area contributed by atoms with Gasteiger partial charge in [-0.05, 0) is 51.7 Å². The molecule has 0 aromatic heterocycles. The Hall–Kier alpha value is 0.310. The van der Waals surface area contributed by atoms with Gasteiger partial charge in [0.15, 0.2) is 0 Å². The first-order valence-electron chi connectivity index (χ1n) is 7.14. The fourth-order valence-electron chi connectivity index (χ4n) is 1.85. The summed E-state index contributed by atoms with van der Waals surface area (Å²) in [7, 11) is 0. The molecule has 0 aliphatic carbocycles. The Balaban J connectivity index is 3.63. The van der Waals surface area contributed by atoms with Crippen LogP contribution in [-0.2, 0) is 0 Å². The molecule has 2 heteroatoms. The van der Waals surface area contributed by atoms with Crippen molar-refractivity contribution in [3.8, 4) is 0 Å². The van der Waals surface area contributed by atoms with Gasteiger partial charge in [-0.1, -0.05) is 33.6 Å². The first-order valence-corrected chi connectivity index (χ1v) is 7.66. The van der Waals surface area contributed by atoms with Crippen molar-refractivity contribution < 1.29 is 0 Å². The quantitative estimate of drug-likeness (QED) is 0.529. The molecule has 0 N–H and O–H groups in total. The van der Waals surface area contributed by atoms with E-state index >= 15 is 0 Å². The lowest BCUT2D eigenvalue weighted by Crippen LogP contribution is -2.27. The van der Waals surface area contributed by atoms with Crippen LogP contribution in [0.3, 0.4) is 0 Å². The molecule has 0 bridgehead atoms. The fourth-order valence-corrected chi connectivity index (χ4v) is 2.04. The first-order chi connectivity index (χ1) is 7.74. The van der Waals surface area contributed by atoms with Crippen molar-refractivity contribution in [2.45, 2.75) is 71.0 Å². The molecule has 0 aliphatic heterocycles. The highest BCUT2D eigenvalue weighted by molar-refractivity contribution is 7.80. The Bertz CT molecular complexity index is 131. The number of hydrogen-bond acceptors (Lipinski definition) is 2. The maximum absolute atomic E-state index is 4.56. The van der Waals surface area contributed by atoms with E-state index in [2.05, 4.69) is 38.3 Å². The summed E-state index contributed by atoms with van der Waals surface area (Å²) < 4.78 is 0. The van der Waals surface area contributed by atoms with Gasteiger partial charge >= 0.3 is 0 Å². The second kappa shape index (κ2) is 11.8. The van der Waals surface area contributed by atoms with Crippen LogP contribution in [0.1, 0.15) is 65.7 Å². The van der Waals surface area contributed by atoms with Crippen LogP contribution in [0.2, 0.25) is 0 Å². The summed E-state index contributed by atoms with van der Waals surface area (Å²) in [6.07, 6.45) is 9.11. The largest absolute Gasteiger partial charge is 0.303 e. The molecule has 1 atom stereocenters. The van der Waals surface area contributed by atoms with Gasteiger partial charge in [-0.15, -0.1) is 0 Å². The highest BCUT2D eigenvalue weighted by atomic mass is 32.1. The van der Waals surface area contributed by atoms with E-state index in [1.807, 2.05) is 0 Å². The van der Waals surface area contributed by atoms with Crippen LogP contribution < -0.4 is 0 Å². The van der Waals surface area contributed by atoms with Gasteiger partial charge in [0.25, 0.3) is 0 Å². The van der Waals surface area contributed by atoms with E-state index in [1.54, 1.807) is 0 Å². The second-order valence-electron chi connectivity index (χ2n) is 4.75. The lowest BCUT2D eigenvalue weighted by molar-refractivity contribution is 0.259. The van der Waals surface area contributed by atoms with Crippen LogP contribution in [0.5, 0.6) is 0 Å². The van der Waals surface area contributed by atoms with E-state index in [1.165, 1.54) is 64.6 Å². The Morgan fingerprint density at radius 3 is 1.81 bits per heavy atom. The average molecular weight is 245 g/mol. The van der Waals surface area contributed by atoms with Gasteiger partial charge in [0.1, 0.15) is 0 Å². The summed E-state index contributed by atoms with van der Waals surface area (Å²) in [5.41, 5.74) is 0. The molecule has 0 aromatic rings. The van der Waals surface area contributed by atoms with E-state index in [-0.39, 0.29) is 0 Å². The first kappa shape index (κ1) is 16.3. The standard InChI is InChI=1S/C14H31NS/c1-4-7-11-15(12-8-5-2)13-9-10-14(16)6-3/h14,16H,4-13H2,1-3H3. The van der Waals surface area contributed by atoms with Crippen LogP contribution in [0.25, 0.3) is 0 Å². The molecule has 0 rings (SSSR count). The van der Waals surface area contributed by atoms with Crippen molar-refractivity contribution in [2.24, 2.45) is 0 Å². The zero-order chi connectivity index (χ0) is 12.2. The molecule has 0 heterocycles. The molecule has 0 saturated carbocycles. The predicted octanol–water partition coefficient (Wildman–Crippen LogP) is 4.38. The van der Waals surface area contributed by atoms with Crippen LogP contribution >= 0.6 is 12.6 Å². The van der Waals surface area contributed by atoms with Gasteiger partial charge in [-0.2, -0.15) is 12.6 Å². The van der Waals surface area contributed by atoms with Crippen LogP contribution in [0.15, 0.2) is 0 Å². The van der Waals surface area contributed by atoms with Crippen molar-refractivity contribution in [2.75, 3.05) is 19.6 Å². The fraction of sp³-hybridized carbons (Fsp3) is 1.00. The average Bonchev–Trinajstić information content (AvgIpc) is 2.31. The van der Waals surface area contributed by atoms with Crippen LogP contribution in [0.4, 0.5) is 0 Å². The van der Waals surface area contributed by atoms with E-state index in [9.17, 15) is 0 Å². The highest BCUT2D eigenvalue weighted by Gasteiger charge is 2.05. The number of rotatable bonds is 11. The summed E-state index contributed by atoms with van der Waals surface area (Å²) in [4.78, 5) is 2.64. The number of unbranched alkanes of at least 4 members (excludes halogenated alkanes) is 2. The lowest BCUT2D eigenvalue weighted by atomic mass is 10.2. The van der Waals surface area contributed by atoms with E-state index in [4.69, 9.17) is 0 Å². The summed E-state index contributed by atoms with van der Waals surface area (Å²) in [6, 6.07) is 0. The minimum Gasteiger partial charge on any atom is -0.303 e. The minimum absolute atomic E-state index is 0.610. The number of nitrogens with zero attached hydrogens (tertiary/aromatic N) is 1. The van der Waals surface area contributed by atoms with E-state index in [0.29, 0.717) is 5.25 Å². The second-order valence-corrected chi connectivity index (χ2v) is 5.48. The Morgan fingerprint density at radius 2 is 1.38 bits per heavy atom. The summed E-state index contributed by atoms with van der Waals surface area (Å²) in [5, 5.41) is 0.610. The molecule has 0 aromatic carbocycles. The normalized spacial score (nSPS) is 13.3. The van der Waals surface area contributed by atoms with Gasteiger partial charge < -0.3 is 4.90 Å². The Labute approximate surface area is 108 Å². The molecular weight excluding hydrogens is 214 g/mol. The molecule has 0 radical (unpaired) electrons. The Kier molecular flexibility index (Phi) is 12.0. The highest BCUT2D eigenvalue weighted by Crippen LogP contribution is 2.10. The summed E-state index contributed by atoms with van der Waals surface area (Å²) >= 11 is 4.56. The van der Waals surface area contributed by atoms with Crippen LogP contribution in [0, 0.1) is 0 Å². The molecule has 1 unspecified atom stereocenters. The number of thiol groups is 1. The molecule has 1 nitrogen and oxygen atoms in total. The van der Waals surface area contributed by atoms with Gasteiger partial charge in [-0.25, -0.2) is 0 Å². The molecule has 98 valence electrons. The molecule has 0 fully saturated rings. The lowest BCUT2D eigenvalue weighted by Gasteiger charge is -2.22. The van der Waals surface area contributed by atoms with Crippen molar-refractivity contribution in [3.05, 3.63) is 0 Å². The summed E-state index contributed by atoms with van der Waals surface area (Å²) in [5.74, 6) is 0. The SMILES string of the molecule is CCCCN(CCCC)CCCC(S)CC. The van der Waals surface area contributed by atoms with Gasteiger partial charge in [-0.3, -0.25) is 0 Å². The van der Waals surface area contributed by atoms with Crippen molar-refractivity contribution >= 4 is 12.6 Å². The third kappa shape index (κ3) is 9.53. The molecule has 16 heavy (non-hydrogen) atoms. The summed E-state index contributed by atoms with van der Waals surface area (Å²) in [6.45, 7) is 10.6. The predicted molar refractivity (Wildman–Crippen MR) is 78.6 cm³/mol. The van der Waals surface area contributed by atoms with E-state index in [0.717, 1.165) is 0 Å². The zero-order valence-corrected chi connectivity index (χ0v) is 12.4. The van der Waals surface area contributed by atoms with Crippen molar-refractivity contribution in [1.29, 1.82) is 0 Å². The molecule has 0 aliphatic rings. The third-order valence-electron chi connectivity index (χ3n) is 3.14. The zero-order valence-electron chi connectivity index (χ0n) is 11.5. The monoisotopic (exact) mass is 245 g/mol. The van der Waals surface area contributed by atoms with Crippen molar-refractivity contribution in [3.63, 3.8) is 0 Å². The third-order valence-corrected chi connectivity index (χ3v) is 3.76.